The van der Waals surface area contributed by atoms with E-state index in [9.17, 15) is 4.79 Å². The Morgan fingerprint density at radius 1 is 1.55 bits per heavy atom. The van der Waals surface area contributed by atoms with Crippen molar-refractivity contribution >= 4 is 29.0 Å². The number of likely N-dealkylation sites (N-methyl/N-ethyl adjacent to an activating group) is 1. The SMILES string of the molecule is CCC1C(=O)N(C)c2cnc(Cl)nc2N1C1CCOC1. The van der Waals surface area contributed by atoms with E-state index in [0.29, 0.717) is 12.3 Å². The number of hydrogen-bond acceptors (Lipinski definition) is 5. The van der Waals surface area contributed by atoms with Crippen LogP contribution in [0.3, 0.4) is 0 Å². The van der Waals surface area contributed by atoms with Crippen molar-refractivity contribution in [1.82, 2.24) is 9.97 Å². The largest absolute Gasteiger partial charge is 0.379 e. The molecule has 6 nitrogen and oxygen atoms in total. The summed E-state index contributed by atoms with van der Waals surface area (Å²) in [6.07, 6.45) is 3.23. The van der Waals surface area contributed by atoms with E-state index in [1.165, 1.54) is 0 Å². The minimum atomic E-state index is -0.217. The highest BCUT2D eigenvalue weighted by atomic mass is 35.5. The molecule has 0 N–H and O–H groups in total. The van der Waals surface area contributed by atoms with E-state index in [1.54, 1.807) is 18.1 Å². The fourth-order valence-corrected chi connectivity index (χ4v) is 3.05. The summed E-state index contributed by atoms with van der Waals surface area (Å²) in [5.74, 6) is 0.798. The highest BCUT2D eigenvalue weighted by molar-refractivity contribution is 6.28. The first-order valence-corrected chi connectivity index (χ1v) is 7.17. The smallest absolute Gasteiger partial charge is 0.249 e. The van der Waals surface area contributed by atoms with Crippen molar-refractivity contribution < 1.29 is 9.53 Å². The molecule has 7 heteroatoms. The lowest BCUT2D eigenvalue weighted by Crippen LogP contribution is -2.56. The lowest BCUT2D eigenvalue weighted by molar-refractivity contribution is -0.120. The molecule has 0 aliphatic carbocycles. The molecule has 0 radical (unpaired) electrons. The molecule has 0 saturated carbocycles. The van der Waals surface area contributed by atoms with Crippen molar-refractivity contribution in [2.45, 2.75) is 31.8 Å². The molecule has 0 spiro atoms. The van der Waals surface area contributed by atoms with Crippen LogP contribution in [-0.4, -0.2) is 48.2 Å². The van der Waals surface area contributed by atoms with Gasteiger partial charge in [0, 0.05) is 13.7 Å². The van der Waals surface area contributed by atoms with Gasteiger partial charge in [-0.1, -0.05) is 6.92 Å². The zero-order chi connectivity index (χ0) is 14.3. The van der Waals surface area contributed by atoms with Crippen molar-refractivity contribution in [3.63, 3.8) is 0 Å². The van der Waals surface area contributed by atoms with Gasteiger partial charge in [-0.3, -0.25) is 4.79 Å². The Balaban J connectivity index is 2.11. The average Bonchev–Trinajstić information content (AvgIpc) is 2.96. The van der Waals surface area contributed by atoms with Crippen LogP contribution in [0, 0.1) is 0 Å². The van der Waals surface area contributed by atoms with Crippen molar-refractivity contribution in [2.75, 3.05) is 30.1 Å². The van der Waals surface area contributed by atoms with Crippen LogP contribution in [-0.2, 0) is 9.53 Å². The molecular formula is C13H17ClN4O2. The van der Waals surface area contributed by atoms with E-state index in [-0.39, 0.29) is 23.3 Å². The molecule has 20 heavy (non-hydrogen) atoms. The molecule has 2 unspecified atom stereocenters. The summed E-state index contributed by atoms with van der Waals surface area (Å²) < 4.78 is 5.47. The Kier molecular flexibility index (Phi) is 3.52. The summed E-state index contributed by atoms with van der Waals surface area (Å²) in [6.45, 7) is 3.34. The molecule has 2 atom stereocenters. The van der Waals surface area contributed by atoms with Crippen LogP contribution in [0.2, 0.25) is 5.28 Å². The van der Waals surface area contributed by atoms with E-state index >= 15 is 0 Å². The van der Waals surface area contributed by atoms with Gasteiger partial charge in [-0.2, -0.15) is 4.98 Å². The highest BCUT2D eigenvalue weighted by Gasteiger charge is 2.41. The first kappa shape index (κ1) is 13.6. The zero-order valence-electron chi connectivity index (χ0n) is 11.5. The number of carbonyl (C=O) groups is 1. The standard InChI is InChI=1S/C13H17ClN4O2/c1-3-9-12(19)17(2)10-6-15-13(14)16-11(10)18(9)8-4-5-20-7-8/h6,8-9H,3-5,7H2,1-2H3. The second-order valence-corrected chi connectivity index (χ2v) is 5.43. The summed E-state index contributed by atoms with van der Waals surface area (Å²) in [5.41, 5.74) is 0.705. The van der Waals surface area contributed by atoms with Crippen molar-refractivity contribution in [3.8, 4) is 0 Å². The third-order valence-electron chi connectivity index (χ3n) is 3.96. The zero-order valence-corrected chi connectivity index (χ0v) is 12.3. The maximum atomic E-state index is 12.5. The van der Waals surface area contributed by atoms with E-state index in [0.717, 1.165) is 25.3 Å². The minimum Gasteiger partial charge on any atom is -0.379 e. The second-order valence-electron chi connectivity index (χ2n) is 5.09. The summed E-state index contributed by atoms with van der Waals surface area (Å²) in [4.78, 5) is 24.6. The van der Waals surface area contributed by atoms with E-state index in [4.69, 9.17) is 16.3 Å². The van der Waals surface area contributed by atoms with Crippen molar-refractivity contribution in [2.24, 2.45) is 0 Å². The molecule has 0 bridgehead atoms. The number of rotatable bonds is 2. The fraction of sp³-hybridized carbons (Fsp3) is 0.615. The Morgan fingerprint density at radius 3 is 3.00 bits per heavy atom. The van der Waals surface area contributed by atoms with Crippen LogP contribution < -0.4 is 9.80 Å². The van der Waals surface area contributed by atoms with Crippen molar-refractivity contribution in [3.05, 3.63) is 11.5 Å². The van der Waals surface area contributed by atoms with E-state index in [1.807, 2.05) is 6.92 Å². The summed E-state index contributed by atoms with van der Waals surface area (Å²) in [7, 11) is 1.75. The molecule has 1 saturated heterocycles. The summed E-state index contributed by atoms with van der Waals surface area (Å²) >= 11 is 5.94. The van der Waals surface area contributed by atoms with E-state index < -0.39 is 0 Å². The number of anilines is 2. The Bertz CT molecular complexity index is 533. The highest BCUT2D eigenvalue weighted by Crippen LogP contribution is 2.37. The molecule has 0 aromatic carbocycles. The van der Waals surface area contributed by atoms with Crippen LogP contribution in [0.1, 0.15) is 19.8 Å². The maximum Gasteiger partial charge on any atom is 0.249 e. The molecule has 1 aromatic rings. The molecule has 2 aliphatic heterocycles. The first-order valence-electron chi connectivity index (χ1n) is 6.79. The topological polar surface area (TPSA) is 58.6 Å². The number of hydrogen-bond donors (Lipinski definition) is 0. The molecule has 1 aromatic heterocycles. The Morgan fingerprint density at radius 2 is 2.35 bits per heavy atom. The van der Waals surface area contributed by atoms with Gasteiger partial charge in [0.1, 0.15) is 11.7 Å². The van der Waals surface area contributed by atoms with Gasteiger partial charge in [0.05, 0.1) is 18.8 Å². The lowest BCUT2D eigenvalue weighted by Gasteiger charge is -2.42. The van der Waals surface area contributed by atoms with Crippen LogP contribution in [0.5, 0.6) is 0 Å². The number of halogens is 1. The molecule has 2 aliphatic rings. The molecule has 3 rings (SSSR count). The number of ether oxygens (including phenoxy) is 1. The van der Waals surface area contributed by atoms with Gasteiger partial charge in [0.2, 0.25) is 11.2 Å². The maximum absolute atomic E-state index is 12.5. The average molecular weight is 297 g/mol. The van der Waals surface area contributed by atoms with E-state index in [2.05, 4.69) is 14.9 Å². The lowest BCUT2D eigenvalue weighted by atomic mass is 10.0. The third-order valence-corrected chi connectivity index (χ3v) is 4.15. The monoisotopic (exact) mass is 296 g/mol. The van der Waals surface area contributed by atoms with Crippen LogP contribution in [0.4, 0.5) is 11.5 Å². The van der Waals surface area contributed by atoms with Crippen molar-refractivity contribution in [1.29, 1.82) is 0 Å². The molecule has 3 heterocycles. The van der Waals surface area contributed by atoms with Gasteiger partial charge >= 0.3 is 0 Å². The minimum absolute atomic E-state index is 0.0674. The number of aromatic nitrogens is 2. The number of nitrogens with zero attached hydrogens (tertiary/aromatic N) is 4. The quantitative estimate of drug-likeness (QED) is 0.774. The molecule has 1 amide bonds. The number of amides is 1. The van der Waals surface area contributed by atoms with Gasteiger partial charge in [0.15, 0.2) is 5.82 Å². The van der Waals surface area contributed by atoms with Crippen LogP contribution in [0.15, 0.2) is 6.20 Å². The predicted octanol–water partition coefficient (Wildman–Crippen LogP) is 1.48. The summed E-state index contributed by atoms with van der Waals surface area (Å²) in [5, 5.41) is 0.199. The third kappa shape index (κ3) is 2.03. The molecule has 108 valence electrons. The van der Waals surface area contributed by atoms with Gasteiger partial charge in [-0.05, 0) is 24.4 Å². The predicted molar refractivity (Wildman–Crippen MR) is 76.2 cm³/mol. The molecular weight excluding hydrogens is 280 g/mol. The number of carbonyl (C=O) groups excluding carboxylic acids is 1. The van der Waals surface area contributed by atoms with Gasteiger partial charge < -0.3 is 14.5 Å². The van der Waals surface area contributed by atoms with Gasteiger partial charge in [0.25, 0.3) is 0 Å². The Labute approximate surface area is 122 Å². The van der Waals surface area contributed by atoms with Gasteiger partial charge in [-0.25, -0.2) is 4.98 Å². The fourth-order valence-electron chi connectivity index (χ4n) is 2.92. The number of fused-ring (bicyclic) bond motifs is 1. The van der Waals surface area contributed by atoms with Gasteiger partial charge in [-0.15, -0.1) is 0 Å². The first-order chi connectivity index (χ1) is 9.63. The van der Waals surface area contributed by atoms with Crippen LogP contribution in [0.25, 0.3) is 0 Å². The normalized spacial score (nSPS) is 26.1. The molecule has 1 fully saturated rings. The second kappa shape index (κ2) is 5.18. The summed E-state index contributed by atoms with van der Waals surface area (Å²) in [6, 6.07) is -0.0486. The Hall–Kier alpha value is -1.40. The van der Waals surface area contributed by atoms with Crippen LogP contribution >= 0.6 is 11.6 Å².